The normalized spacial score (nSPS) is 10.3. The number of amides is 1. The van der Waals surface area contributed by atoms with Crippen molar-refractivity contribution in [1.82, 2.24) is 4.90 Å². The Morgan fingerprint density at radius 2 is 1.82 bits per heavy atom. The first kappa shape index (κ1) is 16.1. The fraction of sp³-hybridized carbons (Fsp3) is 0.316. The predicted molar refractivity (Wildman–Crippen MR) is 91.9 cm³/mol. The van der Waals surface area contributed by atoms with Gasteiger partial charge in [-0.1, -0.05) is 48.0 Å². The second-order valence-electron chi connectivity index (χ2n) is 5.73. The van der Waals surface area contributed by atoms with Gasteiger partial charge >= 0.3 is 0 Å². The van der Waals surface area contributed by atoms with Crippen LogP contribution in [0.15, 0.2) is 48.5 Å². The van der Waals surface area contributed by atoms with E-state index in [2.05, 4.69) is 37.4 Å². The van der Waals surface area contributed by atoms with Crippen molar-refractivity contribution in [3.8, 4) is 0 Å². The molecule has 0 fully saturated rings. The van der Waals surface area contributed by atoms with Gasteiger partial charge < -0.3 is 10.2 Å². The SMILES string of the molecule is Cc1ccc(NCCC(=O)N(C)Cc2ccccc2)c(C)c1. The predicted octanol–water partition coefficient (Wildman–Crippen LogP) is 3.76. The summed E-state index contributed by atoms with van der Waals surface area (Å²) in [5.74, 6) is 0.154. The van der Waals surface area contributed by atoms with Crippen molar-refractivity contribution < 1.29 is 4.79 Å². The molecule has 0 atom stereocenters. The largest absolute Gasteiger partial charge is 0.384 e. The Bertz CT molecular complexity index is 623. The number of aryl methyl sites for hydroxylation is 2. The lowest BCUT2D eigenvalue weighted by Gasteiger charge is -2.18. The standard InChI is InChI=1S/C19H24N2O/c1-15-9-10-18(16(2)13-15)20-12-11-19(22)21(3)14-17-7-5-4-6-8-17/h4-10,13,20H,11-12,14H2,1-3H3. The molecule has 0 aromatic heterocycles. The number of nitrogens with zero attached hydrogens (tertiary/aromatic N) is 1. The second kappa shape index (κ2) is 7.64. The van der Waals surface area contributed by atoms with E-state index in [-0.39, 0.29) is 5.91 Å². The van der Waals surface area contributed by atoms with Crippen molar-refractivity contribution in [1.29, 1.82) is 0 Å². The molecule has 2 rings (SSSR count). The lowest BCUT2D eigenvalue weighted by molar-refractivity contribution is -0.130. The fourth-order valence-electron chi connectivity index (χ4n) is 2.45. The minimum absolute atomic E-state index is 0.154. The Balaban J connectivity index is 1.80. The van der Waals surface area contributed by atoms with E-state index in [0.29, 0.717) is 19.5 Å². The summed E-state index contributed by atoms with van der Waals surface area (Å²) in [6.45, 7) is 5.47. The van der Waals surface area contributed by atoms with Crippen LogP contribution < -0.4 is 5.32 Å². The molecule has 0 aliphatic carbocycles. The maximum atomic E-state index is 12.2. The summed E-state index contributed by atoms with van der Waals surface area (Å²) in [7, 11) is 1.85. The molecule has 1 amide bonds. The highest BCUT2D eigenvalue weighted by molar-refractivity contribution is 5.76. The van der Waals surface area contributed by atoms with Gasteiger partial charge in [0.05, 0.1) is 0 Å². The van der Waals surface area contributed by atoms with Gasteiger partial charge in [-0.15, -0.1) is 0 Å². The Morgan fingerprint density at radius 3 is 2.50 bits per heavy atom. The summed E-state index contributed by atoms with van der Waals surface area (Å²) < 4.78 is 0. The topological polar surface area (TPSA) is 32.3 Å². The van der Waals surface area contributed by atoms with E-state index in [1.165, 1.54) is 11.1 Å². The van der Waals surface area contributed by atoms with Crippen LogP contribution in [0, 0.1) is 13.8 Å². The molecule has 2 aromatic rings. The number of hydrogen-bond acceptors (Lipinski definition) is 2. The minimum Gasteiger partial charge on any atom is -0.384 e. The molecule has 0 aliphatic heterocycles. The first-order valence-corrected chi connectivity index (χ1v) is 7.65. The van der Waals surface area contributed by atoms with Crippen LogP contribution in [0.5, 0.6) is 0 Å². The zero-order valence-corrected chi connectivity index (χ0v) is 13.6. The van der Waals surface area contributed by atoms with Crippen LogP contribution in [0.25, 0.3) is 0 Å². The van der Waals surface area contributed by atoms with Crippen LogP contribution in [0.4, 0.5) is 5.69 Å². The van der Waals surface area contributed by atoms with Crippen LogP contribution >= 0.6 is 0 Å². The van der Waals surface area contributed by atoms with Crippen molar-refractivity contribution in [2.24, 2.45) is 0 Å². The van der Waals surface area contributed by atoms with Crippen LogP contribution in [-0.4, -0.2) is 24.4 Å². The van der Waals surface area contributed by atoms with Gasteiger partial charge in [-0.2, -0.15) is 0 Å². The Hall–Kier alpha value is -2.29. The molecule has 1 N–H and O–H groups in total. The molecule has 2 aromatic carbocycles. The quantitative estimate of drug-likeness (QED) is 0.880. The van der Waals surface area contributed by atoms with Crippen molar-refractivity contribution in [2.45, 2.75) is 26.8 Å². The molecule has 3 nitrogen and oxygen atoms in total. The molecule has 0 radical (unpaired) electrons. The molecule has 0 unspecified atom stereocenters. The molecular formula is C19H24N2O. The van der Waals surface area contributed by atoms with E-state index in [1.807, 2.05) is 37.4 Å². The zero-order chi connectivity index (χ0) is 15.9. The molecule has 0 bridgehead atoms. The Labute approximate surface area is 133 Å². The highest BCUT2D eigenvalue weighted by Crippen LogP contribution is 2.15. The third kappa shape index (κ3) is 4.62. The van der Waals surface area contributed by atoms with Gasteiger partial charge in [-0.05, 0) is 31.0 Å². The van der Waals surface area contributed by atoms with Crippen molar-refractivity contribution in [3.63, 3.8) is 0 Å². The van der Waals surface area contributed by atoms with Crippen LogP contribution in [0.3, 0.4) is 0 Å². The maximum absolute atomic E-state index is 12.2. The molecule has 0 saturated carbocycles. The summed E-state index contributed by atoms with van der Waals surface area (Å²) in [4.78, 5) is 13.9. The summed E-state index contributed by atoms with van der Waals surface area (Å²) in [5, 5.41) is 3.34. The number of nitrogens with one attached hydrogen (secondary N) is 1. The third-order valence-corrected chi connectivity index (χ3v) is 3.72. The Morgan fingerprint density at radius 1 is 1.09 bits per heavy atom. The van der Waals surface area contributed by atoms with Gasteiger partial charge in [0, 0.05) is 32.2 Å². The van der Waals surface area contributed by atoms with Crippen molar-refractivity contribution in [2.75, 3.05) is 18.9 Å². The van der Waals surface area contributed by atoms with Crippen LogP contribution in [-0.2, 0) is 11.3 Å². The zero-order valence-electron chi connectivity index (χ0n) is 13.6. The highest BCUT2D eigenvalue weighted by atomic mass is 16.2. The summed E-state index contributed by atoms with van der Waals surface area (Å²) in [6, 6.07) is 16.4. The third-order valence-electron chi connectivity index (χ3n) is 3.72. The number of rotatable bonds is 6. The molecule has 0 spiro atoms. The number of carbonyl (C=O) groups excluding carboxylic acids is 1. The van der Waals surface area contributed by atoms with Gasteiger partial charge in [0.2, 0.25) is 5.91 Å². The van der Waals surface area contributed by atoms with Gasteiger partial charge in [-0.3, -0.25) is 4.79 Å². The van der Waals surface area contributed by atoms with Gasteiger partial charge in [-0.25, -0.2) is 0 Å². The summed E-state index contributed by atoms with van der Waals surface area (Å²) in [6.07, 6.45) is 0.497. The van der Waals surface area contributed by atoms with Gasteiger partial charge in [0.1, 0.15) is 0 Å². The smallest absolute Gasteiger partial charge is 0.224 e. The fourth-order valence-corrected chi connectivity index (χ4v) is 2.45. The average molecular weight is 296 g/mol. The molecule has 3 heteroatoms. The summed E-state index contributed by atoms with van der Waals surface area (Å²) in [5.41, 5.74) is 4.72. The van der Waals surface area contributed by atoms with E-state index >= 15 is 0 Å². The first-order chi connectivity index (χ1) is 10.6. The first-order valence-electron chi connectivity index (χ1n) is 7.65. The van der Waals surface area contributed by atoms with Crippen molar-refractivity contribution in [3.05, 3.63) is 65.2 Å². The van der Waals surface area contributed by atoms with E-state index < -0.39 is 0 Å². The van der Waals surface area contributed by atoms with Crippen molar-refractivity contribution >= 4 is 11.6 Å². The van der Waals surface area contributed by atoms with E-state index in [4.69, 9.17) is 0 Å². The minimum atomic E-state index is 0.154. The lowest BCUT2D eigenvalue weighted by atomic mass is 10.1. The van der Waals surface area contributed by atoms with E-state index in [1.54, 1.807) is 4.90 Å². The molecule has 0 saturated heterocycles. The Kier molecular flexibility index (Phi) is 5.59. The number of anilines is 1. The molecular weight excluding hydrogens is 272 g/mol. The molecule has 22 heavy (non-hydrogen) atoms. The number of benzene rings is 2. The molecule has 116 valence electrons. The number of hydrogen-bond donors (Lipinski definition) is 1. The van der Waals surface area contributed by atoms with E-state index in [9.17, 15) is 4.79 Å². The maximum Gasteiger partial charge on any atom is 0.224 e. The highest BCUT2D eigenvalue weighted by Gasteiger charge is 2.09. The van der Waals surface area contributed by atoms with E-state index in [0.717, 1.165) is 11.3 Å². The van der Waals surface area contributed by atoms with Gasteiger partial charge in [0.25, 0.3) is 0 Å². The average Bonchev–Trinajstić information content (AvgIpc) is 2.50. The van der Waals surface area contributed by atoms with Crippen LogP contribution in [0.1, 0.15) is 23.1 Å². The lowest BCUT2D eigenvalue weighted by Crippen LogP contribution is -2.27. The van der Waals surface area contributed by atoms with Crippen LogP contribution in [0.2, 0.25) is 0 Å². The molecule has 0 heterocycles. The van der Waals surface area contributed by atoms with Gasteiger partial charge in [0.15, 0.2) is 0 Å². The molecule has 0 aliphatic rings. The monoisotopic (exact) mass is 296 g/mol. The summed E-state index contributed by atoms with van der Waals surface area (Å²) >= 11 is 0. The second-order valence-corrected chi connectivity index (χ2v) is 5.73. The number of carbonyl (C=O) groups is 1.